The third-order valence-electron chi connectivity index (χ3n) is 9.44. The van der Waals surface area contributed by atoms with E-state index in [0.29, 0.717) is 6.42 Å². The monoisotopic (exact) mass is 723 g/mol. The first kappa shape index (κ1) is 49.4. The Morgan fingerprint density at radius 1 is 0.442 bits per heavy atom. The fraction of sp³-hybridized carbons (Fsp3) is 0.708. The van der Waals surface area contributed by atoms with E-state index < -0.39 is 5.97 Å². The summed E-state index contributed by atoms with van der Waals surface area (Å²) in [7, 11) is 0. The number of carboxylic acid groups (broad SMARTS) is 1. The first-order chi connectivity index (χ1) is 25.6. The van der Waals surface area contributed by atoms with Crippen molar-refractivity contribution in [1.29, 1.82) is 0 Å². The fourth-order valence-electron chi connectivity index (χ4n) is 6.25. The van der Waals surface area contributed by atoms with Crippen LogP contribution in [0, 0.1) is 0 Å². The zero-order valence-electron chi connectivity index (χ0n) is 34.1. The lowest BCUT2D eigenvalue weighted by atomic mass is 10.0. The largest absolute Gasteiger partial charge is 0.481 e. The number of carbonyl (C=O) groups is 2. The van der Waals surface area contributed by atoms with Crippen LogP contribution in [0.25, 0.3) is 0 Å². The number of ether oxygens (including phenoxy) is 1. The van der Waals surface area contributed by atoms with Gasteiger partial charge in [0.1, 0.15) is 6.10 Å². The van der Waals surface area contributed by atoms with Gasteiger partial charge < -0.3 is 9.84 Å². The van der Waals surface area contributed by atoms with Crippen molar-refractivity contribution in [3.05, 3.63) is 72.9 Å². The van der Waals surface area contributed by atoms with E-state index in [2.05, 4.69) is 86.8 Å². The normalized spacial score (nSPS) is 13.0. The molecule has 1 unspecified atom stereocenters. The minimum atomic E-state index is -0.698. The van der Waals surface area contributed by atoms with Gasteiger partial charge in [-0.1, -0.05) is 183 Å². The number of rotatable bonds is 39. The fourth-order valence-corrected chi connectivity index (χ4v) is 6.25. The Balaban J connectivity index is 4.14. The van der Waals surface area contributed by atoms with Gasteiger partial charge in [0.05, 0.1) is 0 Å². The molecule has 52 heavy (non-hydrogen) atoms. The van der Waals surface area contributed by atoms with Gasteiger partial charge in [-0.25, -0.2) is 0 Å². The van der Waals surface area contributed by atoms with Crippen LogP contribution in [-0.4, -0.2) is 23.1 Å². The zero-order valence-corrected chi connectivity index (χ0v) is 34.1. The molecule has 4 nitrogen and oxygen atoms in total. The molecule has 0 heterocycles. The van der Waals surface area contributed by atoms with Crippen LogP contribution < -0.4 is 0 Å². The van der Waals surface area contributed by atoms with Crippen molar-refractivity contribution in [3.8, 4) is 0 Å². The SMILES string of the molecule is CC/C=C\C/C=C\C/C=C\C/C=C\C/C=C\C/C=C\CCCCC(=O)OC(CCCCCCCCCCCCCC)CCCCCCCCC(=O)O. The lowest BCUT2D eigenvalue weighted by molar-refractivity contribution is -0.150. The molecule has 1 N–H and O–H groups in total. The standard InChI is InChI=1S/C48H82O4/c1-3-5-7-9-11-13-15-17-18-19-20-21-22-23-24-25-27-29-31-37-41-45-48(51)52-46(43-39-35-32-33-36-40-44-47(49)50)42-38-34-30-28-26-16-14-12-10-8-6-4-2/h5,7,11,13,17-18,20-21,23-24,27,29,46H,3-4,6,8-10,12,14-16,19,22,25-26,28,30-45H2,1-2H3,(H,49,50)/b7-5-,13-11-,18-17-,21-20-,24-23-,29-27-. The van der Waals surface area contributed by atoms with Crippen LogP contribution in [0.4, 0.5) is 0 Å². The molecule has 0 fully saturated rings. The zero-order chi connectivity index (χ0) is 37.8. The van der Waals surface area contributed by atoms with Gasteiger partial charge in [0.15, 0.2) is 0 Å². The van der Waals surface area contributed by atoms with Crippen molar-refractivity contribution in [2.45, 2.75) is 219 Å². The number of carbonyl (C=O) groups excluding carboxylic acids is 1. The highest BCUT2D eigenvalue weighted by molar-refractivity contribution is 5.69. The minimum Gasteiger partial charge on any atom is -0.481 e. The maximum Gasteiger partial charge on any atom is 0.306 e. The van der Waals surface area contributed by atoms with Crippen molar-refractivity contribution in [2.24, 2.45) is 0 Å². The number of allylic oxidation sites excluding steroid dienone is 12. The molecule has 0 spiro atoms. The second-order valence-corrected chi connectivity index (χ2v) is 14.5. The minimum absolute atomic E-state index is 0.0274. The molecular weight excluding hydrogens is 641 g/mol. The number of esters is 1. The average Bonchev–Trinajstić information content (AvgIpc) is 3.13. The van der Waals surface area contributed by atoms with Crippen molar-refractivity contribution in [2.75, 3.05) is 0 Å². The van der Waals surface area contributed by atoms with Crippen LogP contribution in [0.15, 0.2) is 72.9 Å². The Hall–Kier alpha value is -2.62. The van der Waals surface area contributed by atoms with Crippen molar-refractivity contribution >= 4 is 11.9 Å². The lowest BCUT2D eigenvalue weighted by Crippen LogP contribution is -2.18. The summed E-state index contributed by atoms with van der Waals surface area (Å²) in [5.41, 5.74) is 0. The Morgan fingerprint density at radius 2 is 0.808 bits per heavy atom. The van der Waals surface area contributed by atoms with E-state index in [1.54, 1.807) is 0 Å². The first-order valence-electron chi connectivity index (χ1n) is 21.9. The lowest BCUT2D eigenvalue weighted by Gasteiger charge is -2.18. The van der Waals surface area contributed by atoms with Gasteiger partial charge in [-0.05, 0) is 89.9 Å². The predicted octanol–water partition coefficient (Wildman–Crippen LogP) is 15.5. The third kappa shape index (κ3) is 41.8. The second-order valence-electron chi connectivity index (χ2n) is 14.5. The Labute approximate surface area is 322 Å². The van der Waals surface area contributed by atoms with Gasteiger partial charge in [0.25, 0.3) is 0 Å². The molecule has 1 atom stereocenters. The van der Waals surface area contributed by atoms with Crippen molar-refractivity contribution in [3.63, 3.8) is 0 Å². The molecule has 0 amide bonds. The molecule has 0 saturated carbocycles. The molecule has 4 heteroatoms. The van der Waals surface area contributed by atoms with Crippen LogP contribution in [0.1, 0.15) is 213 Å². The molecule has 0 aliphatic heterocycles. The smallest absolute Gasteiger partial charge is 0.306 e. The highest BCUT2D eigenvalue weighted by Gasteiger charge is 2.14. The number of hydrogen-bond acceptors (Lipinski definition) is 3. The van der Waals surface area contributed by atoms with Crippen LogP contribution in [0.2, 0.25) is 0 Å². The maximum atomic E-state index is 12.7. The third-order valence-corrected chi connectivity index (χ3v) is 9.44. The van der Waals surface area contributed by atoms with Gasteiger partial charge in [0, 0.05) is 12.8 Å². The van der Waals surface area contributed by atoms with Gasteiger partial charge >= 0.3 is 11.9 Å². The molecule has 0 aromatic heterocycles. The van der Waals surface area contributed by atoms with Gasteiger partial charge in [-0.2, -0.15) is 0 Å². The topological polar surface area (TPSA) is 63.6 Å². The summed E-state index contributed by atoms with van der Waals surface area (Å²) >= 11 is 0. The van der Waals surface area contributed by atoms with E-state index in [-0.39, 0.29) is 18.5 Å². The number of carboxylic acids is 1. The Kier molecular flexibility index (Phi) is 40.6. The van der Waals surface area contributed by atoms with E-state index in [4.69, 9.17) is 9.84 Å². The number of unbranched alkanes of at least 4 members (excludes halogenated alkanes) is 18. The van der Waals surface area contributed by atoms with E-state index >= 15 is 0 Å². The van der Waals surface area contributed by atoms with E-state index in [1.165, 1.54) is 70.6 Å². The maximum absolute atomic E-state index is 12.7. The number of aliphatic carboxylic acids is 1. The highest BCUT2D eigenvalue weighted by atomic mass is 16.5. The molecule has 0 aliphatic carbocycles. The quantitative estimate of drug-likeness (QED) is 0.0390. The summed E-state index contributed by atoms with van der Waals surface area (Å²) in [6.07, 6.45) is 60.7. The second kappa shape index (κ2) is 42.8. The van der Waals surface area contributed by atoms with Crippen LogP contribution in [0.5, 0.6) is 0 Å². The Bertz CT molecular complexity index is 953. The van der Waals surface area contributed by atoms with E-state index in [9.17, 15) is 9.59 Å². The average molecular weight is 723 g/mol. The predicted molar refractivity (Wildman–Crippen MR) is 227 cm³/mol. The molecule has 0 aliphatic rings. The molecule has 0 rings (SSSR count). The molecule has 0 aromatic carbocycles. The van der Waals surface area contributed by atoms with Gasteiger partial charge in [-0.15, -0.1) is 0 Å². The van der Waals surface area contributed by atoms with Crippen LogP contribution >= 0.6 is 0 Å². The summed E-state index contributed by atoms with van der Waals surface area (Å²) in [5.74, 6) is -0.725. The molecule has 0 radical (unpaired) electrons. The Morgan fingerprint density at radius 3 is 1.23 bits per heavy atom. The molecular formula is C48H82O4. The summed E-state index contributed by atoms with van der Waals surface area (Å²) in [5, 5.41) is 8.81. The van der Waals surface area contributed by atoms with E-state index in [1.807, 2.05) is 0 Å². The molecule has 0 saturated heterocycles. The summed E-state index contributed by atoms with van der Waals surface area (Å²) in [4.78, 5) is 23.4. The molecule has 0 bridgehead atoms. The summed E-state index contributed by atoms with van der Waals surface area (Å²) < 4.78 is 6.02. The highest BCUT2D eigenvalue weighted by Crippen LogP contribution is 2.19. The molecule has 298 valence electrons. The summed E-state index contributed by atoms with van der Waals surface area (Å²) in [6.45, 7) is 4.44. The summed E-state index contributed by atoms with van der Waals surface area (Å²) in [6, 6.07) is 0. The van der Waals surface area contributed by atoms with E-state index in [0.717, 1.165) is 116 Å². The van der Waals surface area contributed by atoms with Crippen LogP contribution in [0.3, 0.4) is 0 Å². The van der Waals surface area contributed by atoms with Crippen molar-refractivity contribution in [1.82, 2.24) is 0 Å². The van der Waals surface area contributed by atoms with Crippen LogP contribution in [-0.2, 0) is 14.3 Å². The number of hydrogen-bond donors (Lipinski definition) is 1. The van der Waals surface area contributed by atoms with Crippen molar-refractivity contribution < 1.29 is 19.4 Å². The van der Waals surface area contributed by atoms with Gasteiger partial charge in [0.2, 0.25) is 0 Å². The molecule has 0 aromatic rings. The first-order valence-corrected chi connectivity index (χ1v) is 21.9. The van der Waals surface area contributed by atoms with Gasteiger partial charge in [-0.3, -0.25) is 9.59 Å².